The van der Waals surface area contributed by atoms with Gasteiger partial charge in [0.25, 0.3) is 11.8 Å². The van der Waals surface area contributed by atoms with Gasteiger partial charge in [0.2, 0.25) is 5.89 Å². The summed E-state index contributed by atoms with van der Waals surface area (Å²) in [5.41, 5.74) is -0.401. The largest absolute Gasteiger partial charge is 0.484 e. The maximum atomic E-state index is 12.2. The zero-order valence-electron chi connectivity index (χ0n) is 16.1. The van der Waals surface area contributed by atoms with Crippen molar-refractivity contribution in [1.29, 1.82) is 0 Å². The van der Waals surface area contributed by atoms with Crippen molar-refractivity contribution in [3.63, 3.8) is 0 Å². The minimum absolute atomic E-state index is 0.0851. The van der Waals surface area contributed by atoms with Crippen LogP contribution in [-0.2, 0) is 16.8 Å². The van der Waals surface area contributed by atoms with Gasteiger partial charge in [0, 0.05) is 16.1 Å². The van der Waals surface area contributed by atoms with Gasteiger partial charge in [-0.25, -0.2) is 0 Å². The summed E-state index contributed by atoms with van der Waals surface area (Å²) >= 11 is 11.7. The molecule has 1 saturated carbocycles. The molecule has 156 valence electrons. The Hall–Kier alpha value is -2.77. The number of aromatic nitrogens is 2. The molecule has 7 nitrogen and oxygen atoms in total. The van der Waals surface area contributed by atoms with Gasteiger partial charge in [0.15, 0.2) is 13.2 Å². The van der Waals surface area contributed by atoms with Crippen LogP contribution in [0.1, 0.15) is 25.1 Å². The number of hydrogen-bond acceptors (Lipinski definition) is 6. The zero-order chi connectivity index (χ0) is 21.1. The molecule has 2 aromatic carbocycles. The summed E-state index contributed by atoms with van der Waals surface area (Å²) in [7, 11) is 0. The fourth-order valence-electron chi connectivity index (χ4n) is 2.95. The number of carbonyl (C=O) groups excluding carboxylic acids is 1. The summed E-state index contributed by atoms with van der Waals surface area (Å²) in [6.07, 6.45) is 0.708. The van der Waals surface area contributed by atoms with Gasteiger partial charge in [-0.1, -0.05) is 23.2 Å². The van der Waals surface area contributed by atoms with E-state index in [9.17, 15) is 4.79 Å². The summed E-state index contributed by atoms with van der Waals surface area (Å²) in [5, 5.41) is 12.3. The summed E-state index contributed by atoms with van der Waals surface area (Å²) in [6, 6.07) is 13.7. The van der Waals surface area contributed by atoms with Crippen LogP contribution in [0, 0.1) is 0 Å². The maximum absolute atomic E-state index is 12.2. The Kier molecular flexibility index (Phi) is 5.83. The molecule has 1 heterocycles. The average molecular weight is 448 g/mol. The number of benzene rings is 2. The van der Waals surface area contributed by atoms with Crippen LogP contribution in [0.2, 0.25) is 10.0 Å². The predicted octanol–water partition coefficient (Wildman–Crippen LogP) is 4.18. The molecule has 0 spiro atoms. The van der Waals surface area contributed by atoms with Gasteiger partial charge >= 0.3 is 0 Å². The van der Waals surface area contributed by atoms with Gasteiger partial charge in [-0.2, -0.15) is 0 Å². The van der Waals surface area contributed by atoms with Crippen molar-refractivity contribution in [2.75, 3.05) is 6.61 Å². The monoisotopic (exact) mass is 447 g/mol. The Balaban J connectivity index is 1.26. The van der Waals surface area contributed by atoms with E-state index in [4.69, 9.17) is 37.1 Å². The Morgan fingerprint density at radius 1 is 1.07 bits per heavy atom. The van der Waals surface area contributed by atoms with Crippen molar-refractivity contribution in [2.24, 2.45) is 0 Å². The summed E-state index contributed by atoms with van der Waals surface area (Å²) in [5.74, 6) is 1.85. The predicted molar refractivity (Wildman–Crippen MR) is 111 cm³/mol. The molecule has 0 aliphatic heterocycles. The van der Waals surface area contributed by atoms with Gasteiger partial charge < -0.3 is 19.2 Å². The second-order valence-corrected chi connectivity index (χ2v) is 8.10. The van der Waals surface area contributed by atoms with Crippen LogP contribution in [-0.4, -0.2) is 28.8 Å². The van der Waals surface area contributed by atoms with E-state index >= 15 is 0 Å². The standard InChI is InChI=1S/C21H19Cl2N3O4/c1-21(10-17(21)24-18(27)11-28-15-6-2-13(22)3-7-15)20-26-25-19(30-20)12-29-16-8-4-14(23)5-9-16/h2-9,17H,10-12H2,1H3,(H,24,27). The zero-order valence-corrected chi connectivity index (χ0v) is 17.6. The molecule has 1 N–H and O–H groups in total. The molecule has 1 amide bonds. The van der Waals surface area contributed by atoms with E-state index in [1.165, 1.54) is 0 Å². The van der Waals surface area contributed by atoms with Crippen molar-refractivity contribution in [3.05, 3.63) is 70.4 Å². The second kappa shape index (κ2) is 8.53. The van der Waals surface area contributed by atoms with Crippen molar-refractivity contribution in [3.8, 4) is 11.5 Å². The molecule has 1 aromatic heterocycles. The lowest BCUT2D eigenvalue weighted by Gasteiger charge is -2.09. The molecular weight excluding hydrogens is 429 g/mol. The Labute approximate surface area is 183 Å². The lowest BCUT2D eigenvalue weighted by atomic mass is 10.1. The molecule has 2 unspecified atom stereocenters. The van der Waals surface area contributed by atoms with Crippen LogP contribution < -0.4 is 14.8 Å². The molecule has 30 heavy (non-hydrogen) atoms. The molecule has 9 heteroatoms. The maximum Gasteiger partial charge on any atom is 0.258 e. The number of hydrogen-bond donors (Lipinski definition) is 1. The summed E-state index contributed by atoms with van der Waals surface area (Å²) in [6.45, 7) is 2.03. The summed E-state index contributed by atoms with van der Waals surface area (Å²) in [4.78, 5) is 12.2. The number of ether oxygens (including phenoxy) is 2. The molecule has 3 aromatic rings. The number of amides is 1. The van der Waals surface area contributed by atoms with E-state index in [2.05, 4.69) is 15.5 Å². The smallest absolute Gasteiger partial charge is 0.258 e. The number of nitrogens with one attached hydrogen (secondary N) is 1. The topological polar surface area (TPSA) is 86.5 Å². The Bertz CT molecular complexity index is 1020. The van der Waals surface area contributed by atoms with Crippen LogP contribution in [0.5, 0.6) is 11.5 Å². The SMILES string of the molecule is CC1(c2nnc(COc3ccc(Cl)cc3)o2)CC1NC(=O)COc1ccc(Cl)cc1. The van der Waals surface area contributed by atoms with Gasteiger partial charge in [-0.05, 0) is 61.9 Å². The first-order valence-electron chi connectivity index (χ1n) is 9.31. The molecule has 1 aliphatic rings. The minimum atomic E-state index is -0.401. The summed E-state index contributed by atoms with van der Waals surface area (Å²) < 4.78 is 16.8. The van der Waals surface area contributed by atoms with E-state index in [0.29, 0.717) is 39.7 Å². The highest BCUT2D eigenvalue weighted by molar-refractivity contribution is 6.30. The first-order chi connectivity index (χ1) is 14.4. The van der Waals surface area contributed by atoms with Gasteiger partial charge in [-0.15, -0.1) is 10.2 Å². The highest BCUT2D eigenvalue weighted by Gasteiger charge is 2.56. The molecular formula is C21H19Cl2N3O4. The van der Waals surface area contributed by atoms with Crippen LogP contribution in [0.25, 0.3) is 0 Å². The normalized spacial score (nSPS) is 19.9. The molecule has 0 saturated heterocycles. The Morgan fingerprint density at radius 2 is 1.67 bits per heavy atom. The number of halogens is 2. The molecule has 1 aliphatic carbocycles. The van der Waals surface area contributed by atoms with E-state index in [-0.39, 0.29) is 25.2 Å². The van der Waals surface area contributed by atoms with Crippen molar-refractivity contribution >= 4 is 29.1 Å². The first-order valence-corrected chi connectivity index (χ1v) is 10.1. The van der Waals surface area contributed by atoms with Crippen molar-refractivity contribution in [2.45, 2.75) is 31.4 Å². The van der Waals surface area contributed by atoms with Crippen LogP contribution >= 0.6 is 23.2 Å². The quantitative estimate of drug-likeness (QED) is 0.557. The van der Waals surface area contributed by atoms with E-state index in [1.54, 1.807) is 48.5 Å². The third kappa shape index (κ3) is 4.86. The highest BCUT2D eigenvalue weighted by Crippen LogP contribution is 2.47. The Morgan fingerprint density at radius 3 is 2.30 bits per heavy atom. The fourth-order valence-corrected chi connectivity index (χ4v) is 3.20. The number of carbonyl (C=O) groups is 1. The van der Waals surface area contributed by atoms with Gasteiger partial charge in [0.05, 0.1) is 5.41 Å². The number of rotatable bonds is 8. The van der Waals surface area contributed by atoms with Gasteiger partial charge in [0.1, 0.15) is 11.5 Å². The second-order valence-electron chi connectivity index (χ2n) is 7.23. The first kappa shape index (κ1) is 20.5. The van der Waals surface area contributed by atoms with Crippen molar-refractivity contribution in [1.82, 2.24) is 15.5 Å². The van der Waals surface area contributed by atoms with Gasteiger partial charge in [-0.3, -0.25) is 4.79 Å². The van der Waals surface area contributed by atoms with Crippen LogP contribution in [0.15, 0.2) is 52.9 Å². The highest BCUT2D eigenvalue weighted by atomic mass is 35.5. The lowest BCUT2D eigenvalue weighted by Crippen LogP contribution is -2.34. The molecule has 1 fully saturated rings. The minimum Gasteiger partial charge on any atom is -0.484 e. The van der Waals surface area contributed by atoms with E-state index in [1.807, 2.05) is 6.92 Å². The molecule has 4 rings (SSSR count). The van der Waals surface area contributed by atoms with E-state index < -0.39 is 5.41 Å². The average Bonchev–Trinajstić information content (AvgIpc) is 3.15. The molecule has 0 bridgehead atoms. The van der Waals surface area contributed by atoms with Crippen LogP contribution in [0.3, 0.4) is 0 Å². The van der Waals surface area contributed by atoms with E-state index in [0.717, 1.165) is 0 Å². The van der Waals surface area contributed by atoms with Crippen LogP contribution in [0.4, 0.5) is 0 Å². The third-order valence-electron chi connectivity index (χ3n) is 4.89. The number of nitrogens with zero attached hydrogens (tertiary/aromatic N) is 2. The molecule has 0 radical (unpaired) electrons. The fraction of sp³-hybridized carbons (Fsp3) is 0.286. The third-order valence-corrected chi connectivity index (χ3v) is 5.39. The molecule has 2 atom stereocenters. The van der Waals surface area contributed by atoms with Crippen molar-refractivity contribution < 1.29 is 18.7 Å². The lowest BCUT2D eigenvalue weighted by molar-refractivity contribution is -0.123.